The summed E-state index contributed by atoms with van der Waals surface area (Å²) in [6.07, 6.45) is 10.8. The molecular formula is C23H33NO5S. The van der Waals surface area contributed by atoms with Crippen LogP contribution in [0.25, 0.3) is 0 Å². The molecule has 2 bridgehead atoms. The van der Waals surface area contributed by atoms with Crippen molar-refractivity contribution in [3.05, 3.63) is 48.0 Å². The van der Waals surface area contributed by atoms with E-state index in [0.717, 1.165) is 37.7 Å². The van der Waals surface area contributed by atoms with E-state index in [9.17, 15) is 13.2 Å². The Bertz CT molecular complexity index is 808. The van der Waals surface area contributed by atoms with Crippen molar-refractivity contribution in [1.29, 1.82) is 0 Å². The van der Waals surface area contributed by atoms with Crippen molar-refractivity contribution < 1.29 is 23.1 Å². The molecule has 0 radical (unpaired) electrons. The lowest BCUT2D eigenvalue weighted by Gasteiger charge is -2.27. The predicted octanol–water partition coefficient (Wildman–Crippen LogP) is 3.53. The number of fused-ring (bicyclic) bond motifs is 2. The van der Waals surface area contributed by atoms with Gasteiger partial charge in [0.15, 0.2) is 0 Å². The first-order chi connectivity index (χ1) is 14.4. The van der Waals surface area contributed by atoms with Gasteiger partial charge in [0, 0.05) is 13.0 Å². The minimum Gasteiger partial charge on any atom is -0.481 e. The highest BCUT2D eigenvalue weighted by molar-refractivity contribution is 7.89. The van der Waals surface area contributed by atoms with E-state index in [1.807, 2.05) is 30.3 Å². The summed E-state index contributed by atoms with van der Waals surface area (Å²) in [4.78, 5) is 10.6. The zero-order chi connectivity index (χ0) is 21.4. The van der Waals surface area contributed by atoms with E-state index in [2.05, 4.69) is 16.9 Å². The molecule has 0 aromatic heterocycles. The minimum atomic E-state index is -3.29. The zero-order valence-corrected chi connectivity index (χ0v) is 18.2. The van der Waals surface area contributed by atoms with Crippen LogP contribution in [0, 0.1) is 11.8 Å². The Morgan fingerprint density at radius 2 is 1.87 bits per heavy atom. The number of benzene rings is 1. The minimum absolute atomic E-state index is 0.104. The summed E-state index contributed by atoms with van der Waals surface area (Å²) in [6, 6.07) is 9.66. The number of ether oxygens (including phenoxy) is 1. The van der Waals surface area contributed by atoms with Crippen molar-refractivity contribution in [2.24, 2.45) is 11.8 Å². The van der Waals surface area contributed by atoms with Crippen LogP contribution in [-0.4, -0.2) is 44.0 Å². The molecule has 2 aliphatic rings. The third-order valence-electron chi connectivity index (χ3n) is 6.23. The number of hydrogen-bond donors (Lipinski definition) is 2. The Kier molecular flexibility index (Phi) is 8.48. The number of carbonyl (C=O) groups is 1. The molecule has 166 valence electrons. The van der Waals surface area contributed by atoms with Gasteiger partial charge in [0.2, 0.25) is 10.0 Å². The number of rotatable bonds is 13. The molecule has 3 rings (SSSR count). The number of carboxylic acids is 1. The maximum atomic E-state index is 12.3. The summed E-state index contributed by atoms with van der Waals surface area (Å²) in [5, 5.41) is 8.69. The van der Waals surface area contributed by atoms with Gasteiger partial charge in [-0.15, -0.1) is 0 Å². The highest BCUT2D eigenvalue weighted by Gasteiger charge is 2.47. The molecule has 2 saturated heterocycles. The van der Waals surface area contributed by atoms with Gasteiger partial charge in [0.05, 0.1) is 18.0 Å². The van der Waals surface area contributed by atoms with Gasteiger partial charge in [-0.05, 0) is 62.3 Å². The lowest BCUT2D eigenvalue weighted by molar-refractivity contribution is -0.137. The SMILES string of the molecule is O=C(O)CCCC=CC[C@@H]1[C@H](CCNS(=O)(=O)CCc2ccccc2)[C@@H]2CC[C@H]1O2. The molecule has 6 nitrogen and oxygen atoms in total. The van der Waals surface area contributed by atoms with E-state index < -0.39 is 16.0 Å². The Balaban J connectivity index is 1.41. The van der Waals surface area contributed by atoms with Gasteiger partial charge in [0.1, 0.15) is 0 Å². The molecule has 0 saturated carbocycles. The quantitative estimate of drug-likeness (QED) is 0.365. The highest BCUT2D eigenvalue weighted by atomic mass is 32.2. The van der Waals surface area contributed by atoms with Crippen molar-refractivity contribution in [1.82, 2.24) is 4.72 Å². The smallest absolute Gasteiger partial charge is 0.303 e. The Morgan fingerprint density at radius 1 is 1.13 bits per heavy atom. The Hall–Kier alpha value is -1.70. The third kappa shape index (κ3) is 6.93. The van der Waals surface area contributed by atoms with Crippen LogP contribution in [0.15, 0.2) is 42.5 Å². The normalized spacial score (nSPS) is 25.9. The van der Waals surface area contributed by atoms with Gasteiger partial charge in [-0.25, -0.2) is 13.1 Å². The van der Waals surface area contributed by atoms with Crippen molar-refractivity contribution in [2.45, 2.75) is 63.6 Å². The zero-order valence-electron chi connectivity index (χ0n) is 17.4. The number of aliphatic carboxylic acids is 1. The molecule has 2 heterocycles. The first kappa shape index (κ1) is 23.0. The van der Waals surface area contributed by atoms with Crippen molar-refractivity contribution in [3.63, 3.8) is 0 Å². The fourth-order valence-corrected chi connectivity index (χ4v) is 5.77. The van der Waals surface area contributed by atoms with Crippen LogP contribution in [0.1, 0.15) is 50.5 Å². The average Bonchev–Trinajstić information content (AvgIpc) is 3.32. The average molecular weight is 436 g/mol. The number of aryl methyl sites for hydroxylation is 1. The lowest BCUT2D eigenvalue weighted by atomic mass is 9.76. The first-order valence-corrected chi connectivity index (χ1v) is 12.6. The standard InChI is InChI=1S/C23H33NO5S/c25-23(26)11-7-2-1-6-10-19-20(22-13-12-21(19)29-22)14-16-24-30(27,28)17-15-18-8-4-3-5-9-18/h1,3-6,8-9,19-22,24H,2,7,10-17H2,(H,25,26)/t19-,20+,21-,22+/m1/s1. The van der Waals surface area contributed by atoms with Gasteiger partial charge in [-0.3, -0.25) is 4.79 Å². The molecule has 4 atom stereocenters. The topological polar surface area (TPSA) is 92.7 Å². The predicted molar refractivity (Wildman–Crippen MR) is 117 cm³/mol. The fraction of sp³-hybridized carbons (Fsp3) is 0.609. The Morgan fingerprint density at radius 3 is 2.60 bits per heavy atom. The molecule has 2 aliphatic heterocycles. The van der Waals surface area contributed by atoms with E-state index in [4.69, 9.17) is 9.84 Å². The van der Waals surface area contributed by atoms with Crippen molar-refractivity contribution in [2.75, 3.05) is 12.3 Å². The van der Waals surface area contributed by atoms with Gasteiger partial charge < -0.3 is 9.84 Å². The number of hydrogen-bond acceptors (Lipinski definition) is 4. The fourth-order valence-electron chi connectivity index (χ4n) is 4.69. The van der Waals surface area contributed by atoms with Crippen LogP contribution in [0.5, 0.6) is 0 Å². The van der Waals surface area contributed by atoms with Crippen LogP contribution >= 0.6 is 0 Å². The lowest BCUT2D eigenvalue weighted by Crippen LogP contribution is -2.33. The van der Waals surface area contributed by atoms with Crippen LogP contribution in [-0.2, 0) is 26.0 Å². The van der Waals surface area contributed by atoms with E-state index in [1.54, 1.807) is 0 Å². The summed E-state index contributed by atoms with van der Waals surface area (Å²) in [5.74, 6) is 0.154. The third-order valence-corrected chi connectivity index (χ3v) is 7.61. The number of allylic oxidation sites excluding steroid dienone is 2. The molecule has 0 spiro atoms. The monoisotopic (exact) mass is 435 g/mol. The maximum absolute atomic E-state index is 12.3. The molecule has 30 heavy (non-hydrogen) atoms. The van der Waals surface area contributed by atoms with Crippen molar-refractivity contribution in [3.8, 4) is 0 Å². The molecule has 7 heteroatoms. The van der Waals surface area contributed by atoms with Crippen LogP contribution in [0.3, 0.4) is 0 Å². The Labute approximate surface area is 179 Å². The summed E-state index contributed by atoms with van der Waals surface area (Å²) >= 11 is 0. The number of carboxylic acid groups (broad SMARTS) is 1. The summed E-state index contributed by atoms with van der Waals surface area (Å²) in [5.41, 5.74) is 1.03. The molecule has 0 aliphatic carbocycles. The van der Waals surface area contributed by atoms with Crippen LogP contribution in [0.4, 0.5) is 0 Å². The van der Waals surface area contributed by atoms with Gasteiger partial charge >= 0.3 is 5.97 Å². The molecule has 1 aromatic rings. The van der Waals surface area contributed by atoms with Gasteiger partial charge in [0.25, 0.3) is 0 Å². The molecular weight excluding hydrogens is 402 g/mol. The van der Waals surface area contributed by atoms with E-state index in [-0.39, 0.29) is 24.4 Å². The first-order valence-electron chi connectivity index (χ1n) is 11.0. The van der Waals surface area contributed by atoms with Gasteiger partial charge in [-0.1, -0.05) is 42.5 Å². The second-order valence-electron chi connectivity index (χ2n) is 8.35. The molecule has 0 amide bonds. The second kappa shape index (κ2) is 11.1. The molecule has 2 fully saturated rings. The number of sulfonamides is 1. The second-order valence-corrected chi connectivity index (χ2v) is 10.3. The van der Waals surface area contributed by atoms with Crippen LogP contribution in [0.2, 0.25) is 0 Å². The summed E-state index contributed by atoms with van der Waals surface area (Å²) in [7, 11) is -3.29. The summed E-state index contributed by atoms with van der Waals surface area (Å²) < 4.78 is 33.6. The summed E-state index contributed by atoms with van der Waals surface area (Å²) in [6.45, 7) is 0.452. The van der Waals surface area contributed by atoms with Crippen molar-refractivity contribution >= 4 is 16.0 Å². The van der Waals surface area contributed by atoms with E-state index >= 15 is 0 Å². The molecule has 2 N–H and O–H groups in total. The highest BCUT2D eigenvalue weighted by Crippen LogP contribution is 2.46. The van der Waals surface area contributed by atoms with E-state index in [0.29, 0.717) is 31.2 Å². The maximum Gasteiger partial charge on any atom is 0.303 e. The number of unbranched alkanes of at least 4 members (excludes halogenated alkanes) is 1. The molecule has 0 unspecified atom stereocenters. The molecule has 1 aromatic carbocycles. The largest absolute Gasteiger partial charge is 0.481 e. The van der Waals surface area contributed by atoms with Gasteiger partial charge in [-0.2, -0.15) is 0 Å². The van der Waals surface area contributed by atoms with E-state index in [1.165, 1.54) is 0 Å². The van der Waals surface area contributed by atoms with Crippen LogP contribution < -0.4 is 4.72 Å². The number of nitrogens with one attached hydrogen (secondary N) is 1.